The van der Waals surface area contributed by atoms with E-state index in [9.17, 15) is 9.59 Å². The number of aromatic nitrogens is 1. The van der Waals surface area contributed by atoms with E-state index in [-0.39, 0.29) is 18.0 Å². The van der Waals surface area contributed by atoms with Gasteiger partial charge in [-0.1, -0.05) is 38.0 Å². The summed E-state index contributed by atoms with van der Waals surface area (Å²) in [5, 5.41) is 3.76. The van der Waals surface area contributed by atoms with E-state index in [0.717, 1.165) is 30.2 Å². The molecule has 3 rings (SSSR count). The average Bonchev–Trinajstić information content (AvgIpc) is 2.99. The molecule has 23 heavy (non-hydrogen) atoms. The van der Waals surface area contributed by atoms with Crippen LogP contribution >= 0.6 is 0 Å². The summed E-state index contributed by atoms with van der Waals surface area (Å²) in [5.74, 6) is 0.133. The van der Waals surface area contributed by atoms with Crippen LogP contribution < -0.4 is 16.2 Å². The Kier molecular flexibility index (Phi) is 4.50. The lowest BCUT2D eigenvalue weighted by molar-refractivity contribution is 0.0937. The summed E-state index contributed by atoms with van der Waals surface area (Å²) in [6.45, 7) is 2.15. The molecule has 2 unspecified atom stereocenters. The molecule has 3 amide bonds. The highest BCUT2D eigenvalue weighted by atomic mass is 16.2. The number of carbonyl (C=O) groups excluding carboxylic acids is 2. The zero-order valence-corrected chi connectivity index (χ0v) is 13.2. The number of rotatable bonds is 2. The van der Waals surface area contributed by atoms with Gasteiger partial charge in [-0.15, -0.1) is 0 Å². The number of benzene rings is 1. The van der Waals surface area contributed by atoms with Crippen molar-refractivity contribution in [2.24, 2.45) is 5.92 Å². The van der Waals surface area contributed by atoms with Crippen LogP contribution in [0.2, 0.25) is 0 Å². The number of carbonyl (C=O) groups is 2. The molecule has 1 aromatic heterocycles. The van der Waals surface area contributed by atoms with Gasteiger partial charge in [0.1, 0.15) is 0 Å². The molecule has 1 fully saturated rings. The van der Waals surface area contributed by atoms with Gasteiger partial charge in [0.2, 0.25) is 0 Å². The summed E-state index contributed by atoms with van der Waals surface area (Å²) in [4.78, 5) is 27.2. The minimum Gasteiger partial charge on any atom is -0.360 e. The first-order valence-corrected chi connectivity index (χ1v) is 8.08. The Balaban J connectivity index is 1.55. The SMILES string of the molecule is CC1CCCCC1NC(=O)NNC(=O)c1c[nH]c2ccccc12. The quantitative estimate of drug-likeness (QED) is 0.642. The number of para-hydroxylation sites is 1. The number of H-pyrrole nitrogens is 1. The van der Waals surface area contributed by atoms with Gasteiger partial charge in [0.25, 0.3) is 5.91 Å². The van der Waals surface area contributed by atoms with Crippen molar-refractivity contribution >= 4 is 22.8 Å². The van der Waals surface area contributed by atoms with E-state index in [4.69, 9.17) is 0 Å². The Hall–Kier alpha value is -2.50. The molecule has 1 aliphatic carbocycles. The number of amides is 3. The predicted octanol–water partition coefficient (Wildman–Crippen LogP) is 2.69. The minimum atomic E-state index is -0.364. The monoisotopic (exact) mass is 314 g/mol. The Bertz CT molecular complexity index is 709. The standard InChI is InChI=1S/C17H22N4O2/c1-11-6-2-4-8-14(11)19-17(23)21-20-16(22)13-10-18-15-9-5-3-7-12(13)15/h3,5,7,9-11,14,18H,2,4,6,8H2,1H3,(H,20,22)(H2,19,21,23). The lowest BCUT2D eigenvalue weighted by Crippen LogP contribution is -2.51. The van der Waals surface area contributed by atoms with Crippen molar-refractivity contribution in [1.29, 1.82) is 0 Å². The van der Waals surface area contributed by atoms with Gasteiger partial charge >= 0.3 is 6.03 Å². The fourth-order valence-corrected chi connectivity index (χ4v) is 3.18. The lowest BCUT2D eigenvalue weighted by Gasteiger charge is -2.29. The maximum atomic E-state index is 12.2. The second-order valence-corrected chi connectivity index (χ2v) is 6.17. The first-order valence-electron chi connectivity index (χ1n) is 8.08. The van der Waals surface area contributed by atoms with Gasteiger partial charge in [-0.05, 0) is 24.8 Å². The third-order valence-corrected chi connectivity index (χ3v) is 4.55. The zero-order chi connectivity index (χ0) is 16.2. The number of hydrazine groups is 1. The Morgan fingerprint density at radius 1 is 1.13 bits per heavy atom. The maximum absolute atomic E-state index is 12.2. The van der Waals surface area contributed by atoms with E-state index >= 15 is 0 Å². The van der Waals surface area contributed by atoms with E-state index in [1.165, 1.54) is 6.42 Å². The molecule has 0 radical (unpaired) electrons. The molecule has 4 N–H and O–H groups in total. The minimum absolute atomic E-state index is 0.175. The van der Waals surface area contributed by atoms with E-state index in [0.29, 0.717) is 11.5 Å². The first-order chi connectivity index (χ1) is 11.1. The fourth-order valence-electron chi connectivity index (χ4n) is 3.18. The predicted molar refractivity (Wildman–Crippen MR) is 88.9 cm³/mol. The summed E-state index contributed by atoms with van der Waals surface area (Å²) < 4.78 is 0. The molecule has 6 heteroatoms. The van der Waals surface area contributed by atoms with Gasteiger partial charge < -0.3 is 10.3 Å². The Morgan fingerprint density at radius 2 is 1.91 bits per heavy atom. The van der Waals surface area contributed by atoms with E-state index in [1.807, 2.05) is 24.3 Å². The van der Waals surface area contributed by atoms with Crippen molar-refractivity contribution in [2.45, 2.75) is 38.6 Å². The third kappa shape index (κ3) is 3.47. The normalized spacial score (nSPS) is 20.9. The highest BCUT2D eigenvalue weighted by Crippen LogP contribution is 2.23. The first kappa shape index (κ1) is 15.4. The molecular weight excluding hydrogens is 292 g/mol. The molecule has 122 valence electrons. The summed E-state index contributed by atoms with van der Waals surface area (Å²) >= 11 is 0. The van der Waals surface area contributed by atoms with Gasteiger partial charge in [-0.25, -0.2) is 10.2 Å². The lowest BCUT2D eigenvalue weighted by atomic mass is 9.86. The Labute approximate surface area is 135 Å². The van der Waals surface area contributed by atoms with Crippen molar-refractivity contribution < 1.29 is 9.59 Å². The van der Waals surface area contributed by atoms with Crippen LogP contribution in [0.5, 0.6) is 0 Å². The second-order valence-electron chi connectivity index (χ2n) is 6.17. The van der Waals surface area contributed by atoms with Crippen LogP contribution in [0.15, 0.2) is 30.5 Å². The number of fused-ring (bicyclic) bond motifs is 1. The molecular formula is C17H22N4O2. The van der Waals surface area contributed by atoms with Gasteiger partial charge in [-0.2, -0.15) is 0 Å². The molecule has 0 spiro atoms. The van der Waals surface area contributed by atoms with Crippen molar-refractivity contribution in [2.75, 3.05) is 0 Å². The highest BCUT2D eigenvalue weighted by molar-refractivity contribution is 6.07. The molecule has 6 nitrogen and oxygen atoms in total. The molecule has 0 saturated heterocycles. The van der Waals surface area contributed by atoms with Crippen LogP contribution in [0.4, 0.5) is 4.79 Å². The van der Waals surface area contributed by atoms with E-state index in [1.54, 1.807) is 6.20 Å². The molecule has 1 aromatic carbocycles. The van der Waals surface area contributed by atoms with Gasteiger partial charge in [0, 0.05) is 23.1 Å². The average molecular weight is 314 g/mol. The number of aromatic amines is 1. The largest absolute Gasteiger partial charge is 0.360 e. The van der Waals surface area contributed by atoms with Crippen molar-refractivity contribution in [3.63, 3.8) is 0 Å². The number of hydrogen-bond acceptors (Lipinski definition) is 2. The molecule has 2 aromatic rings. The summed E-state index contributed by atoms with van der Waals surface area (Å²) in [7, 11) is 0. The van der Waals surface area contributed by atoms with Crippen LogP contribution in [-0.4, -0.2) is 23.0 Å². The van der Waals surface area contributed by atoms with Crippen LogP contribution in [0.3, 0.4) is 0 Å². The molecule has 1 saturated carbocycles. The fraction of sp³-hybridized carbons (Fsp3) is 0.412. The van der Waals surface area contributed by atoms with Gasteiger partial charge in [0.15, 0.2) is 0 Å². The summed E-state index contributed by atoms with van der Waals surface area (Å²) in [6, 6.07) is 7.35. The summed E-state index contributed by atoms with van der Waals surface area (Å²) in [5.41, 5.74) is 6.29. The molecule has 0 bridgehead atoms. The highest BCUT2D eigenvalue weighted by Gasteiger charge is 2.23. The topological polar surface area (TPSA) is 86.0 Å². The van der Waals surface area contributed by atoms with Crippen LogP contribution in [0.25, 0.3) is 10.9 Å². The van der Waals surface area contributed by atoms with Crippen LogP contribution in [0, 0.1) is 5.92 Å². The van der Waals surface area contributed by atoms with Crippen molar-refractivity contribution in [3.05, 3.63) is 36.0 Å². The van der Waals surface area contributed by atoms with Crippen molar-refractivity contribution in [3.8, 4) is 0 Å². The molecule has 1 aliphatic rings. The van der Waals surface area contributed by atoms with E-state index < -0.39 is 0 Å². The smallest absolute Gasteiger partial charge is 0.333 e. The number of hydrogen-bond donors (Lipinski definition) is 4. The van der Waals surface area contributed by atoms with Gasteiger partial charge in [-0.3, -0.25) is 10.2 Å². The van der Waals surface area contributed by atoms with E-state index in [2.05, 4.69) is 28.1 Å². The molecule has 1 heterocycles. The summed E-state index contributed by atoms with van der Waals surface area (Å²) in [6.07, 6.45) is 6.12. The van der Waals surface area contributed by atoms with Gasteiger partial charge in [0.05, 0.1) is 5.56 Å². The maximum Gasteiger partial charge on any atom is 0.333 e. The number of urea groups is 1. The van der Waals surface area contributed by atoms with Crippen LogP contribution in [0.1, 0.15) is 43.0 Å². The van der Waals surface area contributed by atoms with Crippen LogP contribution in [-0.2, 0) is 0 Å². The third-order valence-electron chi connectivity index (χ3n) is 4.55. The molecule has 2 atom stereocenters. The van der Waals surface area contributed by atoms with Crippen molar-refractivity contribution in [1.82, 2.24) is 21.2 Å². The molecule has 0 aliphatic heterocycles. The second kappa shape index (κ2) is 6.73. The number of nitrogens with one attached hydrogen (secondary N) is 4. The Morgan fingerprint density at radius 3 is 2.74 bits per heavy atom. The zero-order valence-electron chi connectivity index (χ0n) is 13.2.